The number of fused-ring (bicyclic) bond motifs is 1. The molecule has 0 radical (unpaired) electrons. The van der Waals surface area contributed by atoms with Gasteiger partial charge in [0.15, 0.2) is 0 Å². The number of aryl methyl sites for hydroxylation is 1. The maximum absolute atomic E-state index is 13.6. The fraction of sp³-hybridized carbons (Fsp3) is 0.423. The summed E-state index contributed by atoms with van der Waals surface area (Å²) in [6.45, 7) is 0. The summed E-state index contributed by atoms with van der Waals surface area (Å²) in [5, 5.41) is 3.47. The van der Waals surface area contributed by atoms with Gasteiger partial charge in [-0.2, -0.15) is 0 Å². The molecule has 2 fully saturated rings. The number of rotatable bonds is 5. The Morgan fingerprint density at radius 3 is 2.50 bits per heavy atom. The minimum atomic E-state index is -0.236. The quantitative estimate of drug-likeness (QED) is 0.498. The van der Waals surface area contributed by atoms with Gasteiger partial charge in [-0.05, 0) is 81.7 Å². The number of nitrogens with one attached hydrogen (secondary N) is 1. The Balaban J connectivity index is 1.46. The molecule has 0 spiro atoms. The Morgan fingerprint density at radius 2 is 1.75 bits per heavy atom. The smallest absolute Gasteiger partial charge is 0.223 e. The third-order valence-electron chi connectivity index (χ3n) is 7.11. The Labute approximate surface area is 187 Å². The highest BCUT2D eigenvalue weighted by molar-refractivity contribution is 5.78. The van der Waals surface area contributed by atoms with E-state index in [1.54, 1.807) is 5.57 Å². The molecule has 0 amide bonds. The van der Waals surface area contributed by atoms with E-state index in [-0.39, 0.29) is 5.82 Å². The predicted octanol–water partition coefficient (Wildman–Crippen LogP) is 6.10. The molecule has 32 heavy (non-hydrogen) atoms. The highest BCUT2D eigenvalue weighted by Gasteiger charge is 2.30. The highest BCUT2D eigenvalue weighted by atomic mass is 19.1. The molecule has 1 atom stereocenters. The van der Waals surface area contributed by atoms with Crippen molar-refractivity contribution in [2.75, 3.05) is 5.32 Å². The number of hydrogen-bond acceptors (Lipinski definition) is 4. The highest BCUT2D eigenvalue weighted by Crippen LogP contribution is 2.41. The number of aromatic nitrogens is 4. The van der Waals surface area contributed by atoms with E-state index in [0.717, 1.165) is 41.3 Å². The van der Waals surface area contributed by atoms with E-state index in [9.17, 15) is 4.39 Å². The van der Waals surface area contributed by atoms with Crippen molar-refractivity contribution in [1.82, 2.24) is 19.5 Å². The van der Waals surface area contributed by atoms with Crippen LogP contribution in [0.4, 0.5) is 10.3 Å². The Morgan fingerprint density at radius 1 is 0.938 bits per heavy atom. The second-order valence-corrected chi connectivity index (χ2v) is 9.28. The van der Waals surface area contributed by atoms with Crippen LogP contribution in [0.25, 0.3) is 22.6 Å². The SMILES string of the molecule is Fc1ccc(-c2nc3n(c2-c2ccnc(NC4CCC4)n2)C(C=C2CCCC2)CC3)cc1. The predicted molar refractivity (Wildman–Crippen MR) is 124 cm³/mol. The van der Waals surface area contributed by atoms with Crippen LogP contribution in [0.2, 0.25) is 0 Å². The molecule has 0 bridgehead atoms. The van der Waals surface area contributed by atoms with Crippen LogP contribution < -0.4 is 5.32 Å². The number of benzene rings is 1. The van der Waals surface area contributed by atoms with E-state index in [1.165, 1.54) is 57.1 Å². The average Bonchev–Trinajstić information content (AvgIpc) is 3.50. The van der Waals surface area contributed by atoms with Gasteiger partial charge in [-0.25, -0.2) is 19.3 Å². The van der Waals surface area contributed by atoms with Crippen LogP contribution in [-0.2, 0) is 6.42 Å². The molecule has 1 unspecified atom stereocenters. The second kappa shape index (κ2) is 8.15. The average molecular weight is 430 g/mol. The molecular weight excluding hydrogens is 401 g/mol. The lowest BCUT2D eigenvalue weighted by Crippen LogP contribution is -2.28. The van der Waals surface area contributed by atoms with Gasteiger partial charge in [0, 0.05) is 24.2 Å². The molecule has 164 valence electrons. The molecule has 0 saturated heterocycles. The molecule has 6 heteroatoms. The number of halogens is 1. The van der Waals surface area contributed by atoms with Crippen LogP contribution in [0.5, 0.6) is 0 Å². The lowest BCUT2D eigenvalue weighted by atomic mass is 9.93. The summed E-state index contributed by atoms with van der Waals surface area (Å²) in [5.41, 5.74) is 5.26. The number of imidazole rings is 1. The van der Waals surface area contributed by atoms with Gasteiger partial charge in [0.2, 0.25) is 5.95 Å². The van der Waals surface area contributed by atoms with Gasteiger partial charge in [0.05, 0.1) is 23.1 Å². The fourth-order valence-electron chi connectivity index (χ4n) is 5.19. The first-order valence-corrected chi connectivity index (χ1v) is 11.9. The van der Waals surface area contributed by atoms with Gasteiger partial charge >= 0.3 is 0 Å². The zero-order valence-corrected chi connectivity index (χ0v) is 18.2. The first-order chi connectivity index (χ1) is 15.7. The van der Waals surface area contributed by atoms with Crippen molar-refractivity contribution in [1.29, 1.82) is 0 Å². The fourth-order valence-corrected chi connectivity index (χ4v) is 5.19. The summed E-state index contributed by atoms with van der Waals surface area (Å²) in [6.07, 6.45) is 14.9. The summed E-state index contributed by atoms with van der Waals surface area (Å²) in [6, 6.07) is 9.38. The van der Waals surface area contributed by atoms with E-state index in [2.05, 4.69) is 20.9 Å². The van der Waals surface area contributed by atoms with Crippen molar-refractivity contribution in [3.8, 4) is 22.6 Å². The lowest BCUT2D eigenvalue weighted by molar-refractivity contribution is 0.443. The van der Waals surface area contributed by atoms with E-state index >= 15 is 0 Å². The maximum atomic E-state index is 13.6. The first kappa shape index (κ1) is 19.6. The van der Waals surface area contributed by atoms with Gasteiger partial charge in [0.1, 0.15) is 11.6 Å². The maximum Gasteiger partial charge on any atom is 0.223 e. The summed E-state index contributed by atoms with van der Waals surface area (Å²) in [4.78, 5) is 14.4. The Kier molecular flexibility index (Phi) is 5.01. The van der Waals surface area contributed by atoms with Crippen LogP contribution >= 0.6 is 0 Å². The summed E-state index contributed by atoms with van der Waals surface area (Å²) in [5.74, 6) is 1.53. The van der Waals surface area contributed by atoms with E-state index in [4.69, 9.17) is 9.97 Å². The van der Waals surface area contributed by atoms with Crippen LogP contribution in [-0.4, -0.2) is 25.6 Å². The molecule has 1 N–H and O–H groups in total. The molecule has 1 aromatic carbocycles. The van der Waals surface area contributed by atoms with Crippen molar-refractivity contribution in [3.05, 3.63) is 59.8 Å². The van der Waals surface area contributed by atoms with Crippen LogP contribution in [0.15, 0.2) is 48.2 Å². The van der Waals surface area contributed by atoms with Gasteiger partial charge in [-0.15, -0.1) is 0 Å². The van der Waals surface area contributed by atoms with Crippen molar-refractivity contribution in [2.45, 2.75) is 69.9 Å². The van der Waals surface area contributed by atoms with Crippen molar-refractivity contribution >= 4 is 5.95 Å². The van der Waals surface area contributed by atoms with Gasteiger partial charge in [-0.1, -0.05) is 11.6 Å². The third kappa shape index (κ3) is 3.61. The summed E-state index contributed by atoms with van der Waals surface area (Å²) in [7, 11) is 0. The zero-order valence-electron chi connectivity index (χ0n) is 18.2. The Hall–Kier alpha value is -3.02. The molecule has 1 aliphatic heterocycles. The van der Waals surface area contributed by atoms with E-state index in [1.807, 2.05) is 24.4 Å². The Bertz CT molecular complexity index is 1150. The molecule has 2 saturated carbocycles. The number of nitrogens with zero attached hydrogens (tertiary/aromatic N) is 4. The van der Waals surface area contributed by atoms with Crippen LogP contribution in [0.1, 0.15) is 63.2 Å². The largest absolute Gasteiger partial charge is 0.351 e. The second-order valence-electron chi connectivity index (χ2n) is 9.28. The molecule has 2 aromatic heterocycles. The molecule has 3 heterocycles. The van der Waals surface area contributed by atoms with E-state index in [0.29, 0.717) is 18.0 Å². The van der Waals surface area contributed by atoms with Crippen molar-refractivity contribution in [3.63, 3.8) is 0 Å². The molecule has 2 aliphatic carbocycles. The third-order valence-corrected chi connectivity index (χ3v) is 7.11. The van der Waals surface area contributed by atoms with Gasteiger partial charge in [0.25, 0.3) is 0 Å². The number of hydrogen-bond donors (Lipinski definition) is 1. The van der Waals surface area contributed by atoms with Crippen molar-refractivity contribution in [2.24, 2.45) is 0 Å². The van der Waals surface area contributed by atoms with Crippen LogP contribution in [0.3, 0.4) is 0 Å². The molecule has 5 nitrogen and oxygen atoms in total. The standard InChI is InChI=1S/C26H28FN5/c27-19-10-8-18(9-11-19)24-25(22-14-15-28-26(30-22)29-20-6-3-7-20)32-21(12-13-23(32)31-24)16-17-4-1-2-5-17/h8-11,14-16,20-21H,1-7,12-13H2,(H,28,29,30). The minimum Gasteiger partial charge on any atom is -0.351 e. The topological polar surface area (TPSA) is 55.6 Å². The molecule has 6 rings (SSSR count). The summed E-state index contributed by atoms with van der Waals surface area (Å²) < 4.78 is 16.0. The zero-order chi connectivity index (χ0) is 21.5. The minimum absolute atomic E-state index is 0.236. The van der Waals surface area contributed by atoms with Gasteiger partial charge in [-0.3, -0.25) is 0 Å². The number of allylic oxidation sites excluding steroid dienone is 2. The van der Waals surface area contributed by atoms with E-state index < -0.39 is 0 Å². The normalized spacial score (nSPS) is 20.3. The molecular formula is C26H28FN5. The van der Waals surface area contributed by atoms with Crippen molar-refractivity contribution < 1.29 is 4.39 Å². The van der Waals surface area contributed by atoms with Gasteiger partial charge < -0.3 is 9.88 Å². The monoisotopic (exact) mass is 429 g/mol. The first-order valence-electron chi connectivity index (χ1n) is 11.9. The molecule has 3 aliphatic rings. The summed E-state index contributed by atoms with van der Waals surface area (Å²) >= 11 is 0. The lowest BCUT2D eigenvalue weighted by Gasteiger charge is -2.26. The number of anilines is 1. The van der Waals surface area contributed by atoms with Crippen LogP contribution in [0, 0.1) is 5.82 Å². The molecule has 3 aromatic rings.